The summed E-state index contributed by atoms with van der Waals surface area (Å²) < 4.78 is 5.23. The molecule has 3 rings (SSSR count). The Labute approximate surface area is 136 Å². The Morgan fingerprint density at radius 3 is 2.24 bits per heavy atom. The highest BCUT2D eigenvalue weighted by atomic mass is 79.9. The Balaban J connectivity index is 1.52. The second-order valence-electron chi connectivity index (χ2n) is 6.45. The summed E-state index contributed by atoms with van der Waals surface area (Å²) >= 11 is 3.72. The first-order chi connectivity index (χ1) is 10.2. The van der Waals surface area contributed by atoms with Crippen LogP contribution in [0.25, 0.3) is 0 Å². The smallest absolute Gasteiger partial charge is 0.119 e. The van der Waals surface area contributed by atoms with Gasteiger partial charge in [-0.2, -0.15) is 0 Å². The van der Waals surface area contributed by atoms with Gasteiger partial charge in [-0.25, -0.2) is 0 Å². The van der Waals surface area contributed by atoms with Crippen LogP contribution in [0.15, 0.2) is 24.3 Å². The van der Waals surface area contributed by atoms with Crippen LogP contribution in [0.1, 0.15) is 19.3 Å². The molecule has 0 N–H and O–H groups in total. The summed E-state index contributed by atoms with van der Waals surface area (Å²) in [4.78, 5) is 5.14. The lowest BCUT2D eigenvalue weighted by Gasteiger charge is -2.46. The third-order valence-electron chi connectivity index (χ3n) is 5.07. The van der Waals surface area contributed by atoms with Crippen molar-refractivity contribution >= 4 is 21.6 Å². The molecule has 0 spiro atoms. The highest BCUT2D eigenvalue weighted by molar-refractivity contribution is 9.09. The lowest BCUT2D eigenvalue weighted by molar-refractivity contribution is 0.0877. The van der Waals surface area contributed by atoms with Crippen LogP contribution in [0.5, 0.6) is 5.75 Å². The number of benzene rings is 1. The van der Waals surface area contributed by atoms with Gasteiger partial charge in [0, 0.05) is 43.7 Å². The zero-order chi connectivity index (χ0) is 14.7. The fourth-order valence-electron chi connectivity index (χ4n) is 3.44. The quantitative estimate of drug-likeness (QED) is 0.755. The van der Waals surface area contributed by atoms with E-state index >= 15 is 0 Å². The summed E-state index contributed by atoms with van der Waals surface area (Å²) in [6, 6.07) is 8.44. The largest absolute Gasteiger partial charge is 0.497 e. The van der Waals surface area contributed by atoms with E-state index in [0.717, 1.165) is 18.8 Å². The summed E-state index contributed by atoms with van der Waals surface area (Å²) in [5.74, 6) is 0.932. The molecule has 2 fully saturated rings. The first kappa shape index (κ1) is 15.2. The molecule has 0 bridgehead atoms. The highest BCUT2D eigenvalue weighted by Crippen LogP contribution is 2.43. The van der Waals surface area contributed by atoms with Crippen molar-refractivity contribution in [1.82, 2.24) is 4.90 Å². The van der Waals surface area contributed by atoms with E-state index in [1.54, 1.807) is 7.11 Å². The molecule has 1 aliphatic heterocycles. The number of methoxy groups -OCH3 is 1. The van der Waals surface area contributed by atoms with Crippen molar-refractivity contribution in [2.24, 2.45) is 5.41 Å². The van der Waals surface area contributed by atoms with Gasteiger partial charge >= 0.3 is 0 Å². The van der Waals surface area contributed by atoms with Crippen LogP contribution in [0, 0.1) is 5.41 Å². The number of hydrogen-bond acceptors (Lipinski definition) is 3. The van der Waals surface area contributed by atoms with Crippen molar-refractivity contribution in [1.29, 1.82) is 0 Å². The molecular weight excluding hydrogens is 328 g/mol. The predicted molar refractivity (Wildman–Crippen MR) is 91.7 cm³/mol. The average Bonchev–Trinajstić information content (AvgIpc) is 2.52. The fourth-order valence-corrected chi connectivity index (χ4v) is 4.18. The summed E-state index contributed by atoms with van der Waals surface area (Å²) in [6.07, 6.45) is 4.21. The molecule has 0 unspecified atom stereocenters. The van der Waals surface area contributed by atoms with Gasteiger partial charge in [0.05, 0.1) is 7.11 Å². The lowest BCUT2D eigenvalue weighted by Crippen LogP contribution is -2.52. The number of halogens is 1. The van der Waals surface area contributed by atoms with E-state index in [-0.39, 0.29) is 0 Å². The Bertz CT molecular complexity index is 445. The minimum Gasteiger partial charge on any atom is -0.497 e. The summed E-state index contributed by atoms with van der Waals surface area (Å²) in [5.41, 5.74) is 1.89. The second-order valence-corrected chi connectivity index (χ2v) is 7.01. The lowest BCUT2D eigenvalue weighted by atomic mass is 9.70. The van der Waals surface area contributed by atoms with Crippen molar-refractivity contribution in [3.63, 3.8) is 0 Å². The van der Waals surface area contributed by atoms with E-state index in [4.69, 9.17) is 4.74 Å². The third kappa shape index (κ3) is 3.37. The topological polar surface area (TPSA) is 15.7 Å². The van der Waals surface area contributed by atoms with E-state index in [1.807, 2.05) is 0 Å². The van der Waals surface area contributed by atoms with Gasteiger partial charge in [-0.1, -0.05) is 22.4 Å². The maximum absolute atomic E-state index is 5.23. The molecule has 2 aliphatic rings. The molecule has 1 saturated carbocycles. The van der Waals surface area contributed by atoms with Gasteiger partial charge in [0.25, 0.3) is 0 Å². The first-order valence-corrected chi connectivity index (χ1v) is 9.04. The zero-order valence-corrected chi connectivity index (χ0v) is 14.4. The molecule has 116 valence electrons. The van der Waals surface area contributed by atoms with Crippen LogP contribution in [0.3, 0.4) is 0 Å². The Kier molecular flexibility index (Phi) is 4.75. The number of ether oxygens (including phenoxy) is 1. The Hall–Kier alpha value is -0.740. The van der Waals surface area contributed by atoms with Crippen molar-refractivity contribution in [3.05, 3.63) is 24.3 Å². The summed E-state index contributed by atoms with van der Waals surface area (Å²) in [7, 11) is 1.72. The monoisotopic (exact) mass is 352 g/mol. The van der Waals surface area contributed by atoms with Crippen molar-refractivity contribution < 1.29 is 4.74 Å². The molecule has 0 radical (unpaired) electrons. The van der Waals surface area contributed by atoms with Gasteiger partial charge in [0.1, 0.15) is 5.75 Å². The fraction of sp³-hybridized carbons (Fsp3) is 0.647. The molecule has 0 aromatic heterocycles. The van der Waals surface area contributed by atoms with Crippen molar-refractivity contribution in [3.8, 4) is 5.75 Å². The molecule has 0 atom stereocenters. The van der Waals surface area contributed by atoms with Gasteiger partial charge in [-0.3, -0.25) is 4.90 Å². The van der Waals surface area contributed by atoms with E-state index < -0.39 is 0 Å². The molecule has 21 heavy (non-hydrogen) atoms. The number of piperazine rings is 1. The minimum atomic E-state index is 0.572. The number of alkyl halides is 1. The van der Waals surface area contributed by atoms with Crippen LogP contribution in [-0.4, -0.2) is 50.1 Å². The summed E-state index contributed by atoms with van der Waals surface area (Å²) in [6.45, 7) is 5.89. The molecule has 3 nitrogen and oxygen atoms in total. The van der Waals surface area contributed by atoms with E-state index in [2.05, 4.69) is 50.0 Å². The zero-order valence-electron chi connectivity index (χ0n) is 12.9. The van der Waals surface area contributed by atoms with Gasteiger partial charge < -0.3 is 9.64 Å². The van der Waals surface area contributed by atoms with Crippen LogP contribution in [-0.2, 0) is 0 Å². The van der Waals surface area contributed by atoms with Crippen LogP contribution in [0.4, 0.5) is 5.69 Å². The highest BCUT2D eigenvalue weighted by Gasteiger charge is 2.37. The first-order valence-electron chi connectivity index (χ1n) is 7.92. The van der Waals surface area contributed by atoms with Gasteiger partial charge in [-0.05, 0) is 42.5 Å². The SMILES string of the molecule is COc1ccc(N2CCN(CC3(CBr)CCC3)CC2)cc1. The Morgan fingerprint density at radius 1 is 1.10 bits per heavy atom. The summed E-state index contributed by atoms with van der Waals surface area (Å²) in [5, 5.41) is 1.17. The minimum absolute atomic E-state index is 0.572. The maximum atomic E-state index is 5.23. The van der Waals surface area contributed by atoms with Crippen LogP contribution >= 0.6 is 15.9 Å². The van der Waals surface area contributed by atoms with Gasteiger partial charge in [0.2, 0.25) is 0 Å². The van der Waals surface area contributed by atoms with Gasteiger partial charge in [0.15, 0.2) is 0 Å². The molecule has 0 amide bonds. The van der Waals surface area contributed by atoms with Crippen molar-refractivity contribution in [2.45, 2.75) is 19.3 Å². The molecule has 1 aromatic carbocycles. The standard InChI is InChI=1S/C17H25BrN2O/c1-21-16-5-3-15(4-6-16)20-11-9-19(10-12-20)14-17(13-18)7-2-8-17/h3-6H,2,7-14H2,1H3. The molecular formula is C17H25BrN2O. The Morgan fingerprint density at radius 2 is 1.76 bits per heavy atom. The predicted octanol–water partition coefficient (Wildman–Crippen LogP) is 3.38. The molecule has 1 aliphatic carbocycles. The second kappa shape index (κ2) is 6.57. The third-order valence-corrected chi connectivity index (χ3v) is 6.26. The normalized spacial score (nSPS) is 21.9. The molecule has 1 saturated heterocycles. The van der Waals surface area contributed by atoms with Crippen molar-refractivity contribution in [2.75, 3.05) is 50.1 Å². The number of rotatable bonds is 5. The number of hydrogen-bond donors (Lipinski definition) is 0. The van der Waals surface area contributed by atoms with E-state index in [1.165, 1.54) is 49.9 Å². The number of nitrogens with zero attached hydrogens (tertiary/aromatic N) is 2. The average molecular weight is 353 g/mol. The van der Waals surface area contributed by atoms with Crippen LogP contribution < -0.4 is 9.64 Å². The van der Waals surface area contributed by atoms with E-state index in [0.29, 0.717) is 5.41 Å². The molecule has 1 heterocycles. The molecule has 1 aromatic rings. The van der Waals surface area contributed by atoms with Crippen LogP contribution in [0.2, 0.25) is 0 Å². The number of anilines is 1. The van der Waals surface area contributed by atoms with E-state index in [9.17, 15) is 0 Å². The molecule has 4 heteroatoms. The van der Waals surface area contributed by atoms with Gasteiger partial charge in [-0.15, -0.1) is 0 Å². The maximum Gasteiger partial charge on any atom is 0.119 e.